The molecule has 1 saturated heterocycles. The van der Waals surface area contributed by atoms with Gasteiger partial charge < -0.3 is 10.0 Å². The highest BCUT2D eigenvalue weighted by atomic mass is 16.4. The van der Waals surface area contributed by atoms with Crippen LogP contribution in [-0.4, -0.2) is 60.1 Å². The molecule has 0 bridgehead atoms. The fraction of sp³-hybridized carbons (Fsp3) is 0.909. The highest BCUT2D eigenvalue weighted by Crippen LogP contribution is 2.15. The van der Waals surface area contributed by atoms with Gasteiger partial charge in [0.1, 0.15) is 0 Å². The molecule has 4 nitrogen and oxygen atoms in total. The Hall–Kier alpha value is -0.610. The van der Waals surface area contributed by atoms with Crippen molar-refractivity contribution in [3.05, 3.63) is 0 Å². The predicted octanol–water partition coefficient (Wildman–Crippen LogP) is 0.733. The first kappa shape index (κ1) is 12.5. The van der Waals surface area contributed by atoms with Crippen molar-refractivity contribution >= 4 is 5.97 Å². The summed E-state index contributed by atoms with van der Waals surface area (Å²) >= 11 is 0. The van der Waals surface area contributed by atoms with E-state index in [1.165, 1.54) is 0 Å². The maximum absolute atomic E-state index is 10.8. The normalized spacial score (nSPS) is 30.1. The number of hydrogen-bond acceptors (Lipinski definition) is 3. The van der Waals surface area contributed by atoms with E-state index in [2.05, 4.69) is 30.7 Å². The summed E-state index contributed by atoms with van der Waals surface area (Å²) < 4.78 is 0. The Balaban J connectivity index is 2.66. The molecule has 0 saturated carbocycles. The maximum Gasteiger partial charge on any atom is 0.304 e. The van der Waals surface area contributed by atoms with E-state index in [0.29, 0.717) is 5.92 Å². The number of carbonyl (C=O) groups is 1. The lowest BCUT2D eigenvalue weighted by Crippen LogP contribution is -2.41. The van der Waals surface area contributed by atoms with Gasteiger partial charge in [0, 0.05) is 25.7 Å². The van der Waals surface area contributed by atoms with Crippen LogP contribution >= 0.6 is 0 Å². The SMILES string of the molecule is CCN1CC(C)CN(C)CC1CC(=O)O. The van der Waals surface area contributed by atoms with Crippen LogP contribution in [0.4, 0.5) is 0 Å². The van der Waals surface area contributed by atoms with Crippen molar-refractivity contribution in [2.24, 2.45) is 5.92 Å². The summed E-state index contributed by atoms with van der Waals surface area (Å²) in [7, 11) is 2.07. The molecule has 0 aromatic carbocycles. The lowest BCUT2D eigenvalue weighted by atomic mass is 10.1. The van der Waals surface area contributed by atoms with Gasteiger partial charge >= 0.3 is 5.97 Å². The average molecular weight is 214 g/mol. The number of nitrogens with zero attached hydrogens (tertiary/aromatic N) is 2. The van der Waals surface area contributed by atoms with E-state index < -0.39 is 5.97 Å². The zero-order chi connectivity index (χ0) is 11.4. The largest absolute Gasteiger partial charge is 0.481 e. The van der Waals surface area contributed by atoms with E-state index in [-0.39, 0.29) is 12.5 Å². The van der Waals surface area contributed by atoms with Crippen molar-refractivity contribution in [2.45, 2.75) is 26.3 Å². The minimum absolute atomic E-state index is 0.169. The molecular weight excluding hydrogens is 192 g/mol. The zero-order valence-corrected chi connectivity index (χ0v) is 9.94. The molecule has 1 N–H and O–H groups in total. The number of hydrogen-bond donors (Lipinski definition) is 1. The number of rotatable bonds is 3. The van der Waals surface area contributed by atoms with Crippen molar-refractivity contribution in [1.29, 1.82) is 0 Å². The standard InChI is InChI=1S/C11H22N2O2/c1-4-13-7-9(2)6-12(3)8-10(13)5-11(14)15/h9-10H,4-8H2,1-3H3,(H,14,15). The van der Waals surface area contributed by atoms with Gasteiger partial charge in [0.25, 0.3) is 0 Å². The lowest BCUT2D eigenvalue weighted by molar-refractivity contribution is -0.138. The topological polar surface area (TPSA) is 43.8 Å². The monoisotopic (exact) mass is 214 g/mol. The molecular formula is C11H22N2O2. The Morgan fingerprint density at radius 1 is 1.40 bits per heavy atom. The summed E-state index contributed by atoms with van der Waals surface area (Å²) in [5.74, 6) is -0.0739. The van der Waals surface area contributed by atoms with Gasteiger partial charge in [0.15, 0.2) is 0 Å². The molecule has 15 heavy (non-hydrogen) atoms. The fourth-order valence-corrected chi connectivity index (χ4v) is 2.47. The molecule has 88 valence electrons. The first-order valence-corrected chi connectivity index (χ1v) is 5.67. The quantitative estimate of drug-likeness (QED) is 0.752. The number of carboxylic acids is 1. The van der Waals surface area contributed by atoms with Crippen LogP contribution in [0.5, 0.6) is 0 Å². The van der Waals surface area contributed by atoms with Gasteiger partial charge in [-0.3, -0.25) is 9.69 Å². The summed E-state index contributed by atoms with van der Waals surface area (Å²) in [5, 5.41) is 8.88. The Labute approximate surface area is 91.9 Å². The van der Waals surface area contributed by atoms with E-state index in [1.54, 1.807) is 0 Å². The molecule has 0 aromatic rings. The summed E-state index contributed by atoms with van der Waals surface area (Å²) in [6.45, 7) is 8.21. The number of carboxylic acid groups (broad SMARTS) is 1. The van der Waals surface area contributed by atoms with E-state index in [0.717, 1.165) is 26.2 Å². The second kappa shape index (κ2) is 5.47. The highest BCUT2D eigenvalue weighted by Gasteiger charge is 2.26. The summed E-state index contributed by atoms with van der Waals surface area (Å²) in [6.07, 6.45) is 0.255. The molecule has 1 fully saturated rings. The molecule has 0 aromatic heterocycles. The number of likely N-dealkylation sites (N-methyl/N-ethyl adjacent to an activating group) is 2. The van der Waals surface area contributed by atoms with E-state index in [4.69, 9.17) is 5.11 Å². The molecule has 1 heterocycles. The first-order valence-electron chi connectivity index (χ1n) is 5.67. The van der Waals surface area contributed by atoms with Crippen molar-refractivity contribution in [2.75, 3.05) is 33.2 Å². The van der Waals surface area contributed by atoms with Crippen LogP contribution in [0, 0.1) is 5.92 Å². The Morgan fingerprint density at radius 2 is 2.07 bits per heavy atom. The predicted molar refractivity (Wildman–Crippen MR) is 59.9 cm³/mol. The first-order chi connectivity index (χ1) is 7.02. The molecule has 1 rings (SSSR count). The second-order valence-corrected chi connectivity index (χ2v) is 4.67. The van der Waals surface area contributed by atoms with Crippen LogP contribution in [-0.2, 0) is 4.79 Å². The van der Waals surface area contributed by atoms with Gasteiger partial charge in [-0.15, -0.1) is 0 Å². The highest BCUT2D eigenvalue weighted by molar-refractivity contribution is 5.67. The summed E-state index contributed by atoms with van der Waals surface area (Å²) in [5.41, 5.74) is 0. The van der Waals surface area contributed by atoms with Gasteiger partial charge in [-0.25, -0.2) is 0 Å². The minimum Gasteiger partial charge on any atom is -0.481 e. The van der Waals surface area contributed by atoms with Crippen LogP contribution in [0.25, 0.3) is 0 Å². The van der Waals surface area contributed by atoms with Crippen LogP contribution in [0.3, 0.4) is 0 Å². The van der Waals surface area contributed by atoms with Crippen LogP contribution in [0.2, 0.25) is 0 Å². The van der Waals surface area contributed by atoms with Crippen molar-refractivity contribution in [1.82, 2.24) is 9.80 Å². The molecule has 2 unspecified atom stereocenters. The average Bonchev–Trinajstić information content (AvgIpc) is 2.23. The van der Waals surface area contributed by atoms with Crippen molar-refractivity contribution < 1.29 is 9.90 Å². The van der Waals surface area contributed by atoms with Crippen LogP contribution in [0.15, 0.2) is 0 Å². The third kappa shape index (κ3) is 3.80. The summed E-state index contributed by atoms with van der Waals surface area (Å²) in [4.78, 5) is 15.3. The zero-order valence-electron chi connectivity index (χ0n) is 9.94. The van der Waals surface area contributed by atoms with Gasteiger partial charge in [-0.2, -0.15) is 0 Å². The minimum atomic E-state index is -0.693. The number of aliphatic carboxylic acids is 1. The molecule has 0 amide bonds. The summed E-state index contributed by atoms with van der Waals surface area (Å²) in [6, 6.07) is 0.169. The Kier molecular flexibility index (Phi) is 4.54. The maximum atomic E-state index is 10.8. The van der Waals surface area contributed by atoms with Crippen LogP contribution in [0.1, 0.15) is 20.3 Å². The van der Waals surface area contributed by atoms with Crippen LogP contribution < -0.4 is 0 Å². The molecule has 1 aliphatic rings. The second-order valence-electron chi connectivity index (χ2n) is 4.67. The van der Waals surface area contributed by atoms with Gasteiger partial charge in [0.05, 0.1) is 6.42 Å². The molecule has 0 radical (unpaired) electrons. The molecule has 2 atom stereocenters. The smallest absolute Gasteiger partial charge is 0.304 e. The molecule has 1 aliphatic heterocycles. The molecule has 0 spiro atoms. The lowest BCUT2D eigenvalue weighted by Gasteiger charge is -2.28. The third-order valence-electron chi connectivity index (χ3n) is 3.02. The van der Waals surface area contributed by atoms with Crippen molar-refractivity contribution in [3.8, 4) is 0 Å². The van der Waals surface area contributed by atoms with E-state index in [9.17, 15) is 4.79 Å². The fourth-order valence-electron chi connectivity index (χ4n) is 2.47. The Bertz CT molecular complexity index is 221. The molecule has 0 aliphatic carbocycles. The van der Waals surface area contributed by atoms with Gasteiger partial charge in [-0.1, -0.05) is 13.8 Å². The Morgan fingerprint density at radius 3 is 2.60 bits per heavy atom. The third-order valence-corrected chi connectivity index (χ3v) is 3.02. The van der Waals surface area contributed by atoms with E-state index >= 15 is 0 Å². The van der Waals surface area contributed by atoms with E-state index in [1.807, 2.05) is 0 Å². The van der Waals surface area contributed by atoms with Gasteiger partial charge in [-0.05, 0) is 19.5 Å². The van der Waals surface area contributed by atoms with Gasteiger partial charge in [0.2, 0.25) is 0 Å². The van der Waals surface area contributed by atoms with Crippen molar-refractivity contribution in [3.63, 3.8) is 0 Å². The molecule has 4 heteroatoms.